The molecule has 0 amide bonds. The number of hydrogen-bond acceptors (Lipinski definition) is 2. The number of nitrogens with one attached hydrogen (secondary N) is 1. The number of rotatable bonds is 6. The first-order valence-electron chi connectivity index (χ1n) is 7.91. The van der Waals surface area contributed by atoms with Gasteiger partial charge in [-0.15, -0.1) is 0 Å². The third-order valence-electron chi connectivity index (χ3n) is 3.94. The minimum absolute atomic E-state index is 0.815. The zero-order chi connectivity index (χ0) is 15.4. The van der Waals surface area contributed by atoms with Crippen molar-refractivity contribution in [3.05, 3.63) is 54.1 Å². The molecule has 0 aromatic heterocycles. The van der Waals surface area contributed by atoms with Crippen LogP contribution in [0.2, 0.25) is 0 Å². The largest absolute Gasteiger partial charge is 0.385 e. The lowest BCUT2D eigenvalue weighted by Crippen LogP contribution is -2.23. The van der Waals surface area contributed by atoms with Crippen LogP contribution in [0.4, 0.5) is 11.4 Å². The van der Waals surface area contributed by atoms with Crippen molar-refractivity contribution in [2.75, 3.05) is 22.7 Å². The second-order valence-electron chi connectivity index (χ2n) is 5.54. The van der Waals surface area contributed by atoms with Crippen molar-refractivity contribution < 1.29 is 4.21 Å². The summed E-state index contributed by atoms with van der Waals surface area (Å²) in [7, 11) is -1.12. The molecule has 1 N–H and O–H groups in total. The Balaban J connectivity index is 1.76. The van der Waals surface area contributed by atoms with Gasteiger partial charge in [0, 0.05) is 18.8 Å². The Morgan fingerprint density at radius 1 is 1.18 bits per heavy atom. The monoisotopic (exact) mass is 314 g/mol. The summed E-state index contributed by atoms with van der Waals surface area (Å²) < 4.78 is 14.7. The Kier molecular flexibility index (Phi) is 4.78. The van der Waals surface area contributed by atoms with Gasteiger partial charge in [0.2, 0.25) is 0 Å². The lowest BCUT2D eigenvalue weighted by molar-refractivity contribution is 0.680. The molecule has 0 aliphatic carbocycles. The van der Waals surface area contributed by atoms with Crippen LogP contribution in [-0.4, -0.2) is 17.3 Å². The van der Waals surface area contributed by atoms with E-state index >= 15 is 0 Å². The zero-order valence-electron chi connectivity index (χ0n) is 12.9. The van der Waals surface area contributed by atoms with E-state index in [4.69, 9.17) is 0 Å². The highest BCUT2D eigenvalue weighted by molar-refractivity contribution is 7.86. The van der Waals surface area contributed by atoms with Gasteiger partial charge in [-0.25, -0.2) is 4.21 Å². The number of unbranched alkanes of at least 4 members (excludes halogenated alkanes) is 1. The predicted octanol–water partition coefficient (Wildman–Crippen LogP) is 3.98. The van der Waals surface area contributed by atoms with Gasteiger partial charge in [-0.3, -0.25) is 4.31 Å². The minimum Gasteiger partial charge on any atom is -0.385 e. The van der Waals surface area contributed by atoms with Crippen molar-refractivity contribution in [3.8, 4) is 0 Å². The van der Waals surface area contributed by atoms with E-state index in [1.165, 1.54) is 24.1 Å². The van der Waals surface area contributed by atoms with Crippen LogP contribution in [0.25, 0.3) is 0 Å². The summed E-state index contributed by atoms with van der Waals surface area (Å²) in [5.41, 5.74) is 3.55. The molecule has 0 saturated carbocycles. The maximum atomic E-state index is 12.7. The first-order valence-corrected chi connectivity index (χ1v) is 9.01. The van der Waals surface area contributed by atoms with Crippen molar-refractivity contribution in [1.29, 1.82) is 0 Å². The maximum Gasteiger partial charge on any atom is 0.152 e. The highest BCUT2D eigenvalue weighted by Crippen LogP contribution is 2.33. The van der Waals surface area contributed by atoms with E-state index in [1.54, 1.807) is 0 Å². The van der Waals surface area contributed by atoms with Crippen LogP contribution in [-0.2, 0) is 17.4 Å². The number of anilines is 2. The van der Waals surface area contributed by atoms with Gasteiger partial charge in [0.25, 0.3) is 0 Å². The average molecular weight is 314 g/mol. The molecule has 0 spiro atoms. The van der Waals surface area contributed by atoms with Gasteiger partial charge in [-0.1, -0.05) is 31.5 Å². The highest BCUT2D eigenvalue weighted by atomic mass is 32.2. The Morgan fingerprint density at radius 3 is 2.77 bits per heavy atom. The molecule has 0 bridgehead atoms. The lowest BCUT2D eigenvalue weighted by atomic mass is 10.1. The quantitative estimate of drug-likeness (QED) is 0.818. The van der Waals surface area contributed by atoms with Gasteiger partial charge >= 0.3 is 0 Å². The van der Waals surface area contributed by atoms with Crippen LogP contribution in [0.5, 0.6) is 0 Å². The second kappa shape index (κ2) is 6.97. The molecule has 1 atom stereocenters. The molecule has 1 aliphatic rings. The molecule has 3 nitrogen and oxygen atoms in total. The van der Waals surface area contributed by atoms with Gasteiger partial charge < -0.3 is 5.32 Å². The number of nitrogens with zero attached hydrogens (tertiary/aromatic N) is 1. The van der Waals surface area contributed by atoms with Crippen LogP contribution < -0.4 is 9.62 Å². The molecule has 1 aliphatic heterocycles. The van der Waals surface area contributed by atoms with E-state index in [1.807, 2.05) is 34.6 Å². The zero-order valence-corrected chi connectivity index (χ0v) is 13.7. The Labute approximate surface area is 134 Å². The van der Waals surface area contributed by atoms with E-state index in [9.17, 15) is 4.21 Å². The summed E-state index contributed by atoms with van der Waals surface area (Å²) in [5, 5.41) is 3.46. The maximum absolute atomic E-state index is 12.7. The number of fused-ring (bicyclic) bond motifs is 1. The molecule has 0 fully saturated rings. The van der Waals surface area contributed by atoms with Crippen molar-refractivity contribution in [1.82, 2.24) is 0 Å². The van der Waals surface area contributed by atoms with Crippen molar-refractivity contribution in [2.24, 2.45) is 0 Å². The number of hydrogen-bond donors (Lipinski definition) is 1. The SMILES string of the molecule is CCCCNc1ccc2c(c1)CCN2S(=O)c1ccccc1. The summed E-state index contributed by atoms with van der Waals surface area (Å²) in [6.45, 7) is 4.02. The molecule has 0 saturated heterocycles. The third-order valence-corrected chi connectivity index (χ3v) is 5.39. The molecule has 2 aromatic carbocycles. The summed E-state index contributed by atoms with van der Waals surface area (Å²) in [5.74, 6) is 0. The van der Waals surface area contributed by atoms with Crippen LogP contribution in [0.15, 0.2) is 53.4 Å². The van der Waals surface area contributed by atoms with Crippen LogP contribution in [0.3, 0.4) is 0 Å². The van der Waals surface area contributed by atoms with Crippen LogP contribution in [0.1, 0.15) is 25.3 Å². The summed E-state index contributed by atoms with van der Waals surface area (Å²) in [6, 6.07) is 16.1. The van der Waals surface area contributed by atoms with E-state index in [2.05, 4.69) is 30.4 Å². The van der Waals surface area contributed by atoms with Gasteiger partial charge in [-0.05, 0) is 48.7 Å². The van der Waals surface area contributed by atoms with E-state index in [0.717, 1.165) is 30.1 Å². The van der Waals surface area contributed by atoms with Gasteiger partial charge in [0.15, 0.2) is 11.0 Å². The van der Waals surface area contributed by atoms with Crippen LogP contribution in [0, 0.1) is 0 Å². The topological polar surface area (TPSA) is 32.3 Å². The fourth-order valence-electron chi connectivity index (χ4n) is 2.73. The molecule has 116 valence electrons. The molecule has 3 rings (SSSR count). The fourth-order valence-corrected chi connectivity index (χ4v) is 3.99. The Bertz CT molecular complexity index is 657. The van der Waals surface area contributed by atoms with Crippen LogP contribution >= 0.6 is 0 Å². The average Bonchev–Trinajstić information content (AvgIpc) is 2.98. The first kappa shape index (κ1) is 15.1. The molecule has 1 heterocycles. The summed E-state index contributed by atoms with van der Waals surface area (Å²) in [4.78, 5) is 0.862. The lowest BCUT2D eigenvalue weighted by Gasteiger charge is -2.18. The van der Waals surface area contributed by atoms with Crippen molar-refractivity contribution in [2.45, 2.75) is 31.1 Å². The third kappa shape index (κ3) is 3.17. The number of benzene rings is 2. The van der Waals surface area contributed by atoms with Crippen molar-refractivity contribution >= 4 is 22.4 Å². The predicted molar refractivity (Wildman–Crippen MR) is 93.7 cm³/mol. The molecular weight excluding hydrogens is 292 g/mol. The summed E-state index contributed by atoms with van der Waals surface area (Å²) in [6.07, 6.45) is 3.33. The molecule has 1 unspecified atom stereocenters. The Morgan fingerprint density at radius 2 is 2.00 bits per heavy atom. The highest BCUT2D eigenvalue weighted by Gasteiger charge is 2.24. The van der Waals surface area contributed by atoms with E-state index in [0.29, 0.717) is 0 Å². The molecule has 0 radical (unpaired) electrons. The smallest absolute Gasteiger partial charge is 0.152 e. The minimum atomic E-state index is -1.12. The molecular formula is C18H22N2OS. The van der Waals surface area contributed by atoms with Gasteiger partial charge in [0.1, 0.15) is 0 Å². The van der Waals surface area contributed by atoms with Gasteiger partial charge in [-0.2, -0.15) is 0 Å². The standard InChI is InChI=1S/C18H22N2OS/c1-2-3-12-19-16-9-10-18-15(14-16)11-13-20(18)22(21)17-7-5-4-6-8-17/h4-10,14,19H,2-3,11-13H2,1H3. The first-order chi connectivity index (χ1) is 10.8. The van der Waals surface area contributed by atoms with Crippen molar-refractivity contribution in [3.63, 3.8) is 0 Å². The summed E-state index contributed by atoms with van der Waals surface area (Å²) >= 11 is 0. The normalized spacial score (nSPS) is 14.7. The fraction of sp³-hybridized carbons (Fsp3) is 0.333. The van der Waals surface area contributed by atoms with E-state index < -0.39 is 11.0 Å². The molecule has 22 heavy (non-hydrogen) atoms. The van der Waals surface area contributed by atoms with E-state index in [-0.39, 0.29) is 0 Å². The Hall–Kier alpha value is -1.81. The van der Waals surface area contributed by atoms with Gasteiger partial charge in [0.05, 0.1) is 10.6 Å². The second-order valence-corrected chi connectivity index (χ2v) is 6.95. The molecule has 4 heteroatoms. The molecule has 2 aromatic rings.